The Balaban J connectivity index is 1.66. The molecule has 1 aromatic carbocycles. The molecule has 2 unspecified atom stereocenters. The highest BCUT2D eigenvalue weighted by Gasteiger charge is 2.35. The van der Waals surface area contributed by atoms with Crippen LogP contribution in [0, 0.1) is 5.82 Å². The van der Waals surface area contributed by atoms with Gasteiger partial charge in [-0.1, -0.05) is 6.08 Å². The van der Waals surface area contributed by atoms with Gasteiger partial charge < -0.3 is 4.98 Å². The summed E-state index contributed by atoms with van der Waals surface area (Å²) in [5, 5.41) is 0. The number of nitrogens with zero attached hydrogens (tertiary/aromatic N) is 2. The van der Waals surface area contributed by atoms with E-state index in [2.05, 4.69) is 34.2 Å². The number of benzene rings is 1. The van der Waals surface area contributed by atoms with Crippen molar-refractivity contribution < 1.29 is 4.39 Å². The Labute approximate surface area is 158 Å². The molecule has 1 fully saturated rings. The van der Waals surface area contributed by atoms with Crippen molar-refractivity contribution in [2.24, 2.45) is 0 Å². The van der Waals surface area contributed by atoms with Crippen LogP contribution in [0.25, 0.3) is 28.0 Å². The summed E-state index contributed by atoms with van der Waals surface area (Å²) in [6.45, 7) is 0. The molecule has 0 aliphatic carbocycles. The molecule has 0 spiro atoms. The maximum absolute atomic E-state index is 13.4. The van der Waals surface area contributed by atoms with E-state index in [1.165, 1.54) is 41.7 Å². The third-order valence-corrected chi connectivity index (χ3v) is 6.07. The molecule has 1 N–H and O–H groups in total. The molecule has 1 saturated heterocycles. The van der Waals surface area contributed by atoms with Gasteiger partial charge in [0.2, 0.25) is 0 Å². The Hall–Kier alpha value is -2.72. The lowest BCUT2D eigenvalue weighted by molar-refractivity contribution is 0.264. The van der Waals surface area contributed by atoms with E-state index in [9.17, 15) is 4.39 Å². The predicted octanol–water partition coefficient (Wildman–Crippen LogP) is 5.13. The molecule has 0 amide bonds. The van der Waals surface area contributed by atoms with Crippen LogP contribution in [0.1, 0.15) is 24.8 Å². The normalized spacial score (nSPS) is 22.1. The highest BCUT2D eigenvalue weighted by atomic mass is 19.1. The van der Waals surface area contributed by atoms with Crippen molar-refractivity contribution in [3.63, 3.8) is 0 Å². The van der Waals surface area contributed by atoms with Crippen LogP contribution >= 0.6 is 0 Å². The van der Waals surface area contributed by atoms with E-state index < -0.39 is 0 Å². The number of hydrogen-bond acceptors (Lipinski definition) is 2. The topological polar surface area (TPSA) is 31.9 Å². The van der Waals surface area contributed by atoms with Gasteiger partial charge in [0.15, 0.2) is 0 Å². The fourth-order valence-electron chi connectivity index (χ4n) is 4.58. The second-order valence-corrected chi connectivity index (χ2v) is 7.56. The van der Waals surface area contributed by atoms with Gasteiger partial charge in [-0.15, -0.1) is 0 Å². The number of hydrogen-bond donors (Lipinski definition) is 1. The van der Waals surface area contributed by atoms with Gasteiger partial charge in [0.25, 0.3) is 0 Å². The monoisotopic (exact) mass is 359 g/mol. The lowest BCUT2D eigenvalue weighted by Crippen LogP contribution is -2.34. The van der Waals surface area contributed by atoms with Crippen molar-refractivity contribution in [1.29, 1.82) is 0 Å². The summed E-state index contributed by atoms with van der Waals surface area (Å²) in [5.74, 6) is -0.217. The molecular weight excluding hydrogens is 337 g/mol. The average molecular weight is 359 g/mol. The highest BCUT2D eigenvalue weighted by Crippen LogP contribution is 2.43. The minimum atomic E-state index is -0.217. The number of rotatable bonds is 3. The number of fused-ring (bicyclic) bond motifs is 2. The number of likely N-dealkylation sites (N-methyl/N-ethyl adjacent to an activating group) is 1. The van der Waals surface area contributed by atoms with Crippen molar-refractivity contribution in [1.82, 2.24) is 14.9 Å². The van der Waals surface area contributed by atoms with Crippen molar-refractivity contribution in [3.05, 3.63) is 72.4 Å². The number of aromatic amines is 1. The number of aromatic nitrogens is 2. The van der Waals surface area contributed by atoms with Gasteiger partial charge in [-0.3, -0.25) is 9.88 Å². The first-order valence-corrected chi connectivity index (χ1v) is 9.51. The van der Waals surface area contributed by atoms with Gasteiger partial charge in [0, 0.05) is 41.8 Å². The van der Waals surface area contributed by atoms with Crippen LogP contribution in [0.2, 0.25) is 0 Å². The molecule has 2 bridgehead atoms. The number of pyridine rings is 1. The molecule has 4 heteroatoms. The molecular formula is C23H22FN3. The summed E-state index contributed by atoms with van der Waals surface area (Å²) in [6.07, 6.45) is 11.8. The summed E-state index contributed by atoms with van der Waals surface area (Å²) in [5.41, 5.74) is 7.00. The van der Waals surface area contributed by atoms with Crippen LogP contribution < -0.4 is 0 Å². The maximum Gasteiger partial charge on any atom is 0.123 e. The summed E-state index contributed by atoms with van der Waals surface area (Å²) >= 11 is 0. The Morgan fingerprint density at radius 2 is 1.81 bits per heavy atom. The van der Waals surface area contributed by atoms with E-state index in [1.807, 2.05) is 36.7 Å². The van der Waals surface area contributed by atoms with Crippen LogP contribution in [0.4, 0.5) is 4.39 Å². The van der Waals surface area contributed by atoms with Gasteiger partial charge >= 0.3 is 0 Å². The van der Waals surface area contributed by atoms with Crippen LogP contribution in [0.15, 0.2) is 61.1 Å². The van der Waals surface area contributed by atoms with Crippen molar-refractivity contribution >= 4 is 5.57 Å². The van der Waals surface area contributed by atoms with Crippen molar-refractivity contribution in [2.45, 2.75) is 31.3 Å². The zero-order valence-corrected chi connectivity index (χ0v) is 15.3. The number of nitrogens with one attached hydrogen (secondary N) is 1. The van der Waals surface area contributed by atoms with Crippen molar-refractivity contribution in [3.8, 4) is 22.4 Å². The van der Waals surface area contributed by atoms with Crippen LogP contribution in [0.3, 0.4) is 0 Å². The quantitative estimate of drug-likeness (QED) is 0.703. The number of halogens is 1. The highest BCUT2D eigenvalue weighted by molar-refractivity contribution is 5.91. The summed E-state index contributed by atoms with van der Waals surface area (Å²) < 4.78 is 13.4. The molecule has 27 heavy (non-hydrogen) atoms. The van der Waals surface area contributed by atoms with Gasteiger partial charge in [0.1, 0.15) is 5.82 Å². The second-order valence-electron chi connectivity index (χ2n) is 7.56. The lowest BCUT2D eigenvalue weighted by atomic mass is 9.90. The van der Waals surface area contributed by atoms with Gasteiger partial charge in [0.05, 0.1) is 5.69 Å². The molecule has 2 aliphatic rings. The SMILES string of the molecule is CN1C2C=C(c3c[nH]c(-c4ccc(F)cc4)c3-c3ccncc3)CC1CC2. The zero-order valence-electron chi connectivity index (χ0n) is 15.3. The van der Waals surface area contributed by atoms with E-state index >= 15 is 0 Å². The largest absolute Gasteiger partial charge is 0.360 e. The molecule has 2 aromatic heterocycles. The average Bonchev–Trinajstić information content (AvgIpc) is 3.20. The molecule has 3 nitrogen and oxygen atoms in total. The molecule has 0 saturated carbocycles. The first-order valence-electron chi connectivity index (χ1n) is 9.51. The first-order chi connectivity index (χ1) is 13.2. The van der Waals surface area contributed by atoms with E-state index in [0.29, 0.717) is 12.1 Å². The van der Waals surface area contributed by atoms with Gasteiger partial charge in [-0.2, -0.15) is 0 Å². The van der Waals surface area contributed by atoms with E-state index in [1.54, 1.807) is 0 Å². The Morgan fingerprint density at radius 3 is 2.56 bits per heavy atom. The summed E-state index contributed by atoms with van der Waals surface area (Å²) in [4.78, 5) is 10.1. The second kappa shape index (κ2) is 6.46. The molecule has 136 valence electrons. The smallest absolute Gasteiger partial charge is 0.123 e. The van der Waals surface area contributed by atoms with E-state index in [-0.39, 0.29) is 5.82 Å². The van der Waals surface area contributed by atoms with E-state index in [0.717, 1.165) is 23.2 Å². The predicted molar refractivity (Wildman–Crippen MR) is 107 cm³/mol. The molecule has 2 atom stereocenters. The molecule has 0 radical (unpaired) electrons. The molecule has 4 heterocycles. The Bertz CT molecular complexity index is 988. The molecule has 2 aliphatic heterocycles. The third kappa shape index (κ3) is 2.81. The Kier molecular flexibility index (Phi) is 3.94. The number of H-pyrrole nitrogens is 1. The lowest BCUT2D eigenvalue weighted by Gasteiger charge is -2.30. The molecule has 5 rings (SSSR count). The Morgan fingerprint density at radius 1 is 1.04 bits per heavy atom. The summed E-state index contributed by atoms with van der Waals surface area (Å²) in [7, 11) is 2.24. The standard InChI is InChI=1S/C23H22FN3/c1-27-19-6-7-20(27)13-17(12-19)21-14-26-23(16-2-4-18(24)5-3-16)22(21)15-8-10-25-11-9-15/h2-5,8-12,14,19-20,26H,6-7,13H2,1H3. The van der Waals surface area contributed by atoms with Crippen LogP contribution in [0.5, 0.6) is 0 Å². The minimum absolute atomic E-state index is 0.217. The van der Waals surface area contributed by atoms with Crippen molar-refractivity contribution in [2.75, 3.05) is 7.05 Å². The first kappa shape index (κ1) is 16.5. The fraction of sp³-hybridized carbons (Fsp3) is 0.261. The van der Waals surface area contributed by atoms with Crippen LogP contribution in [-0.4, -0.2) is 34.0 Å². The fourth-order valence-corrected chi connectivity index (χ4v) is 4.58. The zero-order chi connectivity index (χ0) is 18.4. The van der Waals surface area contributed by atoms with E-state index in [4.69, 9.17) is 0 Å². The maximum atomic E-state index is 13.4. The minimum Gasteiger partial charge on any atom is -0.360 e. The third-order valence-electron chi connectivity index (χ3n) is 6.07. The molecule has 3 aromatic rings. The van der Waals surface area contributed by atoms with Gasteiger partial charge in [-0.25, -0.2) is 4.39 Å². The van der Waals surface area contributed by atoms with Crippen LogP contribution in [-0.2, 0) is 0 Å². The summed E-state index contributed by atoms with van der Waals surface area (Å²) in [6, 6.07) is 12.0. The van der Waals surface area contributed by atoms with Gasteiger partial charge in [-0.05, 0) is 79.4 Å².